The summed E-state index contributed by atoms with van der Waals surface area (Å²) in [6.07, 6.45) is 4.54. The normalized spacial score (nSPS) is 13.4. The van der Waals surface area contributed by atoms with Crippen LogP contribution in [0, 0.1) is 5.92 Å². The van der Waals surface area contributed by atoms with Crippen molar-refractivity contribution < 1.29 is 0 Å². The van der Waals surface area contributed by atoms with Gasteiger partial charge in [-0.05, 0) is 56.8 Å². The van der Waals surface area contributed by atoms with Gasteiger partial charge < -0.3 is 4.90 Å². The van der Waals surface area contributed by atoms with Gasteiger partial charge in [-0.1, -0.05) is 26.0 Å². The lowest BCUT2D eigenvalue weighted by Crippen LogP contribution is -2.33. The van der Waals surface area contributed by atoms with E-state index in [-0.39, 0.29) is 0 Å². The van der Waals surface area contributed by atoms with E-state index < -0.39 is 0 Å². The van der Waals surface area contributed by atoms with Gasteiger partial charge in [-0.2, -0.15) is 0 Å². The zero-order valence-corrected chi connectivity index (χ0v) is 12.6. The average molecular weight is 251 g/mol. The highest BCUT2D eigenvalue weighted by atomic mass is 32.2. The van der Waals surface area contributed by atoms with Crippen molar-refractivity contribution in [3.63, 3.8) is 0 Å². The van der Waals surface area contributed by atoms with Crippen LogP contribution in [0.5, 0.6) is 0 Å². The van der Waals surface area contributed by atoms with E-state index in [9.17, 15) is 0 Å². The Morgan fingerprint density at radius 3 is 2.12 bits per heavy atom. The zero-order chi connectivity index (χ0) is 12.8. The summed E-state index contributed by atoms with van der Waals surface area (Å²) < 4.78 is 0. The van der Waals surface area contributed by atoms with Gasteiger partial charge >= 0.3 is 0 Å². The van der Waals surface area contributed by atoms with E-state index in [0.717, 1.165) is 5.92 Å². The van der Waals surface area contributed by atoms with Gasteiger partial charge in [0, 0.05) is 10.9 Å². The summed E-state index contributed by atoms with van der Waals surface area (Å²) in [5, 5.41) is 0. The Morgan fingerprint density at radius 2 is 1.71 bits per heavy atom. The predicted molar refractivity (Wildman–Crippen MR) is 78.9 cm³/mol. The third-order valence-corrected chi connectivity index (χ3v) is 4.06. The molecule has 0 bridgehead atoms. The fourth-order valence-corrected chi connectivity index (χ4v) is 2.70. The van der Waals surface area contributed by atoms with Gasteiger partial charge in [-0.25, -0.2) is 0 Å². The van der Waals surface area contributed by atoms with Gasteiger partial charge in [-0.15, -0.1) is 11.8 Å². The van der Waals surface area contributed by atoms with Gasteiger partial charge in [0.15, 0.2) is 0 Å². The third-order valence-electron chi connectivity index (χ3n) is 3.32. The molecule has 0 heterocycles. The maximum Gasteiger partial charge on any atom is 0.0115 e. The van der Waals surface area contributed by atoms with E-state index in [1.807, 2.05) is 0 Å². The molecule has 0 aliphatic heterocycles. The SMILES string of the molecule is CSc1ccc(CC[C@@H](C(C)C)N(C)C)cc1. The molecule has 0 fully saturated rings. The van der Waals surface area contributed by atoms with Gasteiger partial charge in [0.1, 0.15) is 0 Å². The summed E-state index contributed by atoms with van der Waals surface area (Å²) >= 11 is 1.80. The molecule has 0 radical (unpaired) electrons. The molecule has 96 valence electrons. The van der Waals surface area contributed by atoms with Crippen LogP contribution in [0.4, 0.5) is 0 Å². The number of rotatable bonds is 6. The molecule has 0 aliphatic carbocycles. The third kappa shape index (κ3) is 4.72. The summed E-state index contributed by atoms with van der Waals surface area (Å²) in [6.45, 7) is 4.61. The van der Waals surface area contributed by atoms with Crippen molar-refractivity contribution in [1.29, 1.82) is 0 Å². The topological polar surface area (TPSA) is 3.24 Å². The molecule has 1 rings (SSSR count). The summed E-state index contributed by atoms with van der Waals surface area (Å²) in [6, 6.07) is 9.65. The van der Waals surface area contributed by atoms with E-state index in [1.54, 1.807) is 11.8 Å². The van der Waals surface area contributed by atoms with Gasteiger partial charge in [0.2, 0.25) is 0 Å². The highest BCUT2D eigenvalue weighted by Crippen LogP contribution is 2.18. The Bertz CT molecular complexity index is 308. The molecule has 0 aliphatic rings. The molecule has 0 aromatic heterocycles. The van der Waals surface area contributed by atoms with Crippen LogP contribution in [-0.4, -0.2) is 31.3 Å². The Labute approximate surface area is 111 Å². The van der Waals surface area contributed by atoms with Crippen LogP contribution >= 0.6 is 11.8 Å². The maximum atomic E-state index is 2.35. The van der Waals surface area contributed by atoms with Crippen LogP contribution in [0.2, 0.25) is 0 Å². The first kappa shape index (κ1) is 14.6. The van der Waals surface area contributed by atoms with Crippen LogP contribution in [0.1, 0.15) is 25.8 Å². The molecular weight excluding hydrogens is 226 g/mol. The smallest absolute Gasteiger partial charge is 0.0115 e. The first-order valence-electron chi connectivity index (χ1n) is 6.34. The minimum Gasteiger partial charge on any atom is -0.306 e. The number of nitrogens with zero attached hydrogens (tertiary/aromatic N) is 1. The fraction of sp³-hybridized carbons (Fsp3) is 0.600. The van der Waals surface area contributed by atoms with Crippen molar-refractivity contribution in [2.75, 3.05) is 20.4 Å². The molecule has 1 atom stereocenters. The van der Waals surface area contributed by atoms with Crippen LogP contribution in [0.3, 0.4) is 0 Å². The molecule has 0 N–H and O–H groups in total. The molecular formula is C15H25NS. The molecule has 17 heavy (non-hydrogen) atoms. The molecule has 0 saturated heterocycles. The van der Waals surface area contributed by atoms with Crippen molar-refractivity contribution in [2.45, 2.75) is 37.6 Å². The van der Waals surface area contributed by atoms with E-state index in [4.69, 9.17) is 0 Å². The minimum atomic E-state index is 0.676. The lowest BCUT2D eigenvalue weighted by atomic mass is 9.96. The largest absolute Gasteiger partial charge is 0.306 e. The van der Waals surface area contributed by atoms with Crippen molar-refractivity contribution in [2.24, 2.45) is 5.92 Å². The van der Waals surface area contributed by atoms with Crippen molar-refractivity contribution in [3.8, 4) is 0 Å². The Morgan fingerprint density at radius 1 is 1.12 bits per heavy atom. The zero-order valence-electron chi connectivity index (χ0n) is 11.7. The predicted octanol–water partition coefficient (Wildman–Crippen LogP) is 3.93. The molecule has 1 aromatic rings. The number of hydrogen-bond acceptors (Lipinski definition) is 2. The number of benzene rings is 1. The van der Waals surface area contributed by atoms with Crippen LogP contribution in [-0.2, 0) is 6.42 Å². The van der Waals surface area contributed by atoms with Crippen LogP contribution in [0.25, 0.3) is 0 Å². The number of thioether (sulfide) groups is 1. The number of aryl methyl sites for hydroxylation is 1. The standard InChI is InChI=1S/C15H25NS/c1-12(2)15(16(3)4)11-8-13-6-9-14(17-5)10-7-13/h6-7,9-10,12,15H,8,11H2,1-5H3/t15-/m0/s1. The molecule has 0 amide bonds. The minimum absolute atomic E-state index is 0.676. The Balaban J connectivity index is 2.53. The molecule has 0 unspecified atom stereocenters. The van der Waals surface area contributed by atoms with Crippen LogP contribution in [0.15, 0.2) is 29.2 Å². The Kier molecular flexibility index (Phi) is 6.07. The second kappa shape index (κ2) is 7.07. The lowest BCUT2D eigenvalue weighted by Gasteiger charge is -2.28. The monoisotopic (exact) mass is 251 g/mol. The summed E-state index contributed by atoms with van der Waals surface area (Å²) in [4.78, 5) is 3.70. The van der Waals surface area contributed by atoms with Gasteiger partial charge in [0.05, 0.1) is 0 Å². The molecule has 2 heteroatoms. The summed E-state index contributed by atoms with van der Waals surface area (Å²) in [5.74, 6) is 0.718. The summed E-state index contributed by atoms with van der Waals surface area (Å²) in [5.41, 5.74) is 1.45. The quantitative estimate of drug-likeness (QED) is 0.705. The van der Waals surface area contributed by atoms with Crippen molar-refractivity contribution >= 4 is 11.8 Å². The van der Waals surface area contributed by atoms with E-state index in [0.29, 0.717) is 6.04 Å². The second-order valence-corrected chi connectivity index (χ2v) is 6.04. The molecule has 0 spiro atoms. The van der Waals surface area contributed by atoms with Gasteiger partial charge in [-0.3, -0.25) is 0 Å². The first-order valence-corrected chi connectivity index (χ1v) is 7.56. The van der Waals surface area contributed by atoms with E-state index >= 15 is 0 Å². The van der Waals surface area contributed by atoms with Crippen molar-refractivity contribution in [1.82, 2.24) is 4.90 Å². The fourth-order valence-electron chi connectivity index (χ4n) is 2.29. The molecule has 0 saturated carbocycles. The molecule has 1 nitrogen and oxygen atoms in total. The second-order valence-electron chi connectivity index (χ2n) is 5.16. The lowest BCUT2D eigenvalue weighted by molar-refractivity contribution is 0.219. The van der Waals surface area contributed by atoms with E-state index in [1.165, 1.54) is 23.3 Å². The first-order chi connectivity index (χ1) is 8.04. The highest BCUT2D eigenvalue weighted by molar-refractivity contribution is 7.98. The van der Waals surface area contributed by atoms with E-state index in [2.05, 4.69) is 63.4 Å². The average Bonchev–Trinajstić information content (AvgIpc) is 2.29. The molecule has 1 aromatic carbocycles. The summed E-state index contributed by atoms with van der Waals surface area (Å²) in [7, 11) is 4.36. The van der Waals surface area contributed by atoms with Crippen molar-refractivity contribution in [3.05, 3.63) is 29.8 Å². The number of hydrogen-bond donors (Lipinski definition) is 0. The van der Waals surface area contributed by atoms with Crippen LogP contribution < -0.4 is 0 Å². The maximum absolute atomic E-state index is 2.35. The highest BCUT2D eigenvalue weighted by Gasteiger charge is 2.15. The van der Waals surface area contributed by atoms with Gasteiger partial charge in [0.25, 0.3) is 0 Å². The Hall–Kier alpha value is -0.470.